The number of carboxylic acids is 1. The fraction of sp³-hybridized carbons (Fsp3) is 0.211. The second-order valence-electron chi connectivity index (χ2n) is 6.16. The van der Waals surface area contributed by atoms with Gasteiger partial charge < -0.3 is 10.1 Å². The first-order valence-corrected chi connectivity index (χ1v) is 8.19. The molecule has 0 amide bonds. The van der Waals surface area contributed by atoms with Gasteiger partial charge in [0.1, 0.15) is 5.69 Å². The maximum absolute atomic E-state index is 13.0. The molecule has 6 heteroatoms. The summed E-state index contributed by atoms with van der Waals surface area (Å²) in [5, 5.41) is 10.6. The molecular weight excluding hydrogens is 340 g/mol. The number of nitrogens with zero attached hydrogens (tertiary/aromatic N) is 1. The molecule has 0 fully saturated rings. The van der Waals surface area contributed by atoms with Gasteiger partial charge >= 0.3 is 5.97 Å². The number of H-pyrrole nitrogens is 1. The Morgan fingerprint density at radius 3 is 2.56 bits per heavy atom. The van der Waals surface area contributed by atoms with Crippen molar-refractivity contribution < 1.29 is 14.7 Å². The van der Waals surface area contributed by atoms with Crippen molar-refractivity contribution in [2.24, 2.45) is 0 Å². The van der Waals surface area contributed by atoms with E-state index in [1.807, 2.05) is 19.9 Å². The molecule has 2 aromatic heterocycles. The van der Waals surface area contributed by atoms with Crippen LogP contribution < -0.4 is 0 Å². The van der Waals surface area contributed by atoms with Gasteiger partial charge in [0, 0.05) is 27.2 Å². The van der Waals surface area contributed by atoms with E-state index in [9.17, 15) is 14.7 Å². The van der Waals surface area contributed by atoms with Crippen LogP contribution >= 0.6 is 11.6 Å². The molecule has 0 spiro atoms. The molecule has 5 nitrogen and oxygen atoms in total. The Labute approximate surface area is 149 Å². The van der Waals surface area contributed by atoms with E-state index < -0.39 is 11.9 Å². The van der Waals surface area contributed by atoms with E-state index in [-0.39, 0.29) is 17.2 Å². The van der Waals surface area contributed by atoms with Crippen LogP contribution in [0.2, 0.25) is 5.02 Å². The number of aromatic nitrogens is 2. The second kappa shape index (κ2) is 6.33. The largest absolute Gasteiger partial charge is 0.481 e. The van der Waals surface area contributed by atoms with E-state index in [1.54, 1.807) is 31.2 Å². The van der Waals surface area contributed by atoms with Crippen molar-refractivity contribution in [3.8, 4) is 0 Å². The number of aliphatic carboxylic acids is 1. The first-order chi connectivity index (χ1) is 11.8. The maximum Gasteiger partial charge on any atom is 0.310 e. The molecule has 0 radical (unpaired) electrons. The molecule has 0 saturated heterocycles. The van der Waals surface area contributed by atoms with Crippen molar-refractivity contribution in [3.05, 3.63) is 63.6 Å². The maximum atomic E-state index is 13.0. The summed E-state index contributed by atoms with van der Waals surface area (Å²) >= 11 is 6.03. The minimum Gasteiger partial charge on any atom is -0.481 e. The molecule has 3 rings (SSSR count). The molecule has 128 valence electrons. The number of hydrogen-bond donors (Lipinski definition) is 2. The summed E-state index contributed by atoms with van der Waals surface area (Å²) in [7, 11) is 0. The molecule has 2 heterocycles. The van der Waals surface area contributed by atoms with Gasteiger partial charge in [-0.05, 0) is 50.6 Å². The number of hydrogen-bond acceptors (Lipinski definition) is 3. The monoisotopic (exact) mass is 356 g/mol. The third-order valence-corrected chi connectivity index (χ3v) is 4.40. The zero-order chi connectivity index (χ0) is 18.3. The van der Waals surface area contributed by atoms with Gasteiger partial charge in [0.15, 0.2) is 0 Å². The molecule has 1 unspecified atom stereocenters. The number of rotatable bonds is 4. The molecule has 25 heavy (non-hydrogen) atoms. The molecule has 0 bridgehead atoms. The van der Waals surface area contributed by atoms with Gasteiger partial charge in [0.25, 0.3) is 0 Å². The van der Waals surface area contributed by atoms with E-state index in [0.717, 1.165) is 11.3 Å². The topological polar surface area (TPSA) is 83.0 Å². The van der Waals surface area contributed by atoms with Crippen LogP contribution in [-0.2, 0) is 4.79 Å². The third kappa shape index (κ3) is 3.15. The summed E-state index contributed by atoms with van der Waals surface area (Å²) in [5.74, 6) is -2.18. The average molecular weight is 357 g/mol. The van der Waals surface area contributed by atoms with Gasteiger partial charge in [-0.15, -0.1) is 0 Å². The number of pyridine rings is 1. The van der Waals surface area contributed by atoms with Gasteiger partial charge in [0.05, 0.1) is 11.6 Å². The van der Waals surface area contributed by atoms with Crippen LogP contribution in [0.3, 0.4) is 0 Å². The number of carboxylic acid groups (broad SMARTS) is 1. The van der Waals surface area contributed by atoms with Crippen LogP contribution in [0.15, 0.2) is 30.3 Å². The summed E-state index contributed by atoms with van der Waals surface area (Å²) < 4.78 is 0. The van der Waals surface area contributed by atoms with Crippen LogP contribution in [-0.4, -0.2) is 26.8 Å². The van der Waals surface area contributed by atoms with Crippen LogP contribution in [0.1, 0.15) is 45.8 Å². The summed E-state index contributed by atoms with van der Waals surface area (Å²) in [4.78, 5) is 31.9. The molecule has 0 aliphatic heterocycles. The lowest BCUT2D eigenvalue weighted by molar-refractivity contribution is -0.138. The lowest BCUT2D eigenvalue weighted by Crippen LogP contribution is -2.14. The van der Waals surface area contributed by atoms with Gasteiger partial charge in [-0.25, -0.2) is 4.98 Å². The Morgan fingerprint density at radius 1 is 1.20 bits per heavy atom. The molecule has 2 N–H and O–H groups in total. The van der Waals surface area contributed by atoms with E-state index >= 15 is 0 Å². The molecular formula is C19H17ClN2O3. The number of fused-ring (bicyclic) bond motifs is 1. The molecule has 3 aromatic rings. The summed E-state index contributed by atoms with van der Waals surface area (Å²) in [6.07, 6.45) is 0. The molecule has 1 atom stereocenters. The quantitative estimate of drug-likeness (QED) is 0.684. The Balaban J connectivity index is 2.25. The minimum atomic E-state index is -1.00. The van der Waals surface area contributed by atoms with Crippen LogP contribution in [0, 0.1) is 13.8 Å². The smallest absolute Gasteiger partial charge is 0.310 e. The van der Waals surface area contributed by atoms with Gasteiger partial charge in [-0.2, -0.15) is 0 Å². The number of aromatic amines is 1. The minimum absolute atomic E-state index is 0.240. The van der Waals surface area contributed by atoms with Crippen molar-refractivity contribution in [3.63, 3.8) is 0 Å². The zero-order valence-corrected chi connectivity index (χ0v) is 14.8. The lowest BCUT2D eigenvalue weighted by Gasteiger charge is -2.09. The SMILES string of the molecule is Cc1cc(C)nc(C(=O)c2[nH]c3cc(Cl)ccc3c2C(C)C(=O)O)c1. The summed E-state index contributed by atoms with van der Waals surface area (Å²) in [6.45, 7) is 5.26. The Morgan fingerprint density at radius 2 is 1.92 bits per heavy atom. The third-order valence-electron chi connectivity index (χ3n) is 4.16. The Bertz CT molecular complexity index is 987. The van der Waals surface area contributed by atoms with Gasteiger partial charge in [-0.3, -0.25) is 9.59 Å². The molecule has 1 aromatic carbocycles. The van der Waals surface area contributed by atoms with Crippen molar-refractivity contribution >= 4 is 34.3 Å². The van der Waals surface area contributed by atoms with Crippen LogP contribution in [0.4, 0.5) is 0 Å². The fourth-order valence-corrected chi connectivity index (χ4v) is 3.20. The van der Waals surface area contributed by atoms with Crippen molar-refractivity contribution in [2.75, 3.05) is 0 Å². The number of carbonyl (C=O) groups excluding carboxylic acids is 1. The van der Waals surface area contributed by atoms with Gasteiger partial charge in [-0.1, -0.05) is 17.7 Å². The lowest BCUT2D eigenvalue weighted by atomic mass is 9.95. The van der Waals surface area contributed by atoms with Crippen molar-refractivity contribution in [1.82, 2.24) is 9.97 Å². The number of aryl methyl sites for hydroxylation is 2. The Hall–Kier alpha value is -2.66. The molecule has 0 aliphatic rings. The highest BCUT2D eigenvalue weighted by molar-refractivity contribution is 6.31. The summed E-state index contributed by atoms with van der Waals surface area (Å²) in [6, 6.07) is 8.67. The normalized spacial score (nSPS) is 12.3. The molecule has 0 aliphatic carbocycles. The van der Waals surface area contributed by atoms with E-state index in [1.165, 1.54) is 0 Å². The van der Waals surface area contributed by atoms with Crippen LogP contribution in [0.5, 0.6) is 0 Å². The van der Waals surface area contributed by atoms with Gasteiger partial charge in [0.2, 0.25) is 5.78 Å². The van der Waals surface area contributed by atoms with E-state index in [4.69, 9.17) is 11.6 Å². The Kier molecular flexibility index (Phi) is 4.35. The summed E-state index contributed by atoms with van der Waals surface area (Å²) in [5.41, 5.74) is 3.25. The predicted octanol–water partition coefficient (Wildman–Crippen LogP) is 4.25. The average Bonchev–Trinajstić information content (AvgIpc) is 2.90. The first kappa shape index (κ1) is 17.2. The van der Waals surface area contributed by atoms with E-state index in [2.05, 4.69) is 9.97 Å². The second-order valence-corrected chi connectivity index (χ2v) is 6.60. The van der Waals surface area contributed by atoms with Crippen molar-refractivity contribution in [2.45, 2.75) is 26.7 Å². The number of carbonyl (C=O) groups is 2. The first-order valence-electron chi connectivity index (χ1n) is 7.82. The molecule has 0 saturated carbocycles. The van der Waals surface area contributed by atoms with E-state index in [0.29, 0.717) is 21.5 Å². The zero-order valence-electron chi connectivity index (χ0n) is 14.1. The highest BCUT2D eigenvalue weighted by atomic mass is 35.5. The highest BCUT2D eigenvalue weighted by Crippen LogP contribution is 2.32. The predicted molar refractivity (Wildman–Crippen MR) is 96.5 cm³/mol. The number of halogens is 1. The number of ketones is 1. The highest BCUT2D eigenvalue weighted by Gasteiger charge is 2.27. The number of nitrogens with one attached hydrogen (secondary N) is 1. The van der Waals surface area contributed by atoms with Crippen molar-refractivity contribution in [1.29, 1.82) is 0 Å². The number of benzene rings is 1. The van der Waals surface area contributed by atoms with Crippen LogP contribution in [0.25, 0.3) is 10.9 Å². The standard InChI is InChI=1S/C19H17ClN2O3/c1-9-6-10(2)21-15(7-9)18(23)17-16(11(3)19(24)25)13-5-4-12(20)8-14(13)22-17/h4-8,11,22H,1-3H3,(H,24,25). The fourth-order valence-electron chi connectivity index (χ4n) is 3.03.